The molecule has 3 rings (SSSR count). The smallest absolute Gasteiger partial charge is 0.339 e. The Bertz CT molecular complexity index is 860. The Labute approximate surface area is 181 Å². The molecular formula is C21H26ClN5O3. The minimum Gasteiger partial charge on any atom is -0.462 e. The summed E-state index contributed by atoms with van der Waals surface area (Å²) in [5, 5.41) is 3.36. The molecule has 1 aliphatic rings. The van der Waals surface area contributed by atoms with E-state index in [9.17, 15) is 9.59 Å². The molecule has 0 saturated carbocycles. The van der Waals surface area contributed by atoms with E-state index < -0.39 is 0 Å². The number of anilines is 2. The first-order valence-corrected chi connectivity index (χ1v) is 10.4. The quantitative estimate of drug-likeness (QED) is 0.703. The van der Waals surface area contributed by atoms with Gasteiger partial charge in [-0.15, -0.1) is 0 Å². The molecule has 1 N–H and O–H groups in total. The van der Waals surface area contributed by atoms with Gasteiger partial charge in [-0.3, -0.25) is 9.69 Å². The Morgan fingerprint density at radius 2 is 1.97 bits per heavy atom. The van der Waals surface area contributed by atoms with E-state index in [1.165, 1.54) is 6.20 Å². The summed E-state index contributed by atoms with van der Waals surface area (Å²) in [4.78, 5) is 37.3. The maximum absolute atomic E-state index is 12.6. The zero-order valence-corrected chi connectivity index (χ0v) is 17.9. The third kappa shape index (κ3) is 5.67. The van der Waals surface area contributed by atoms with Gasteiger partial charge in [0.05, 0.1) is 23.2 Å². The maximum Gasteiger partial charge on any atom is 0.339 e. The predicted octanol–water partition coefficient (Wildman–Crippen LogP) is 2.85. The fourth-order valence-electron chi connectivity index (χ4n) is 3.31. The number of amides is 1. The summed E-state index contributed by atoms with van der Waals surface area (Å²) in [6.45, 7) is 7.10. The molecule has 0 aliphatic carbocycles. The van der Waals surface area contributed by atoms with E-state index >= 15 is 0 Å². The Kier molecular flexibility index (Phi) is 7.59. The van der Waals surface area contributed by atoms with Crippen LogP contribution in [0.5, 0.6) is 0 Å². The van der Waals surface area contributed by atoms with Crippen molar-refractivity contribution in [2.24, 2.45) is 0 Å². The van der Waals surface area contributed by atoms with Crippen LogP contribution in [-0.2, 0) is 9.53 Å². The summed E-state index contributed by atoms with van der Waals surface area (Å²) in [6, 6.07) is 6.66. The molecule has 3 heterocycles. The molecular weight excluding hydrogens is 406 g/mol. The van der Waals surface area contributed by atoms with E-state index in [1.54, 1.807) is 31.3 Å². The van der Waals surface area contributed by atoms with E-state index in [2.05, 4.69) is 25.1 Å². The van der Waals surface area contributed by atoms with Crippen molar-refractivity contribution in [3.63, 3.8) is 0 Å². The SMILES string of the molecule is CCOC(=O)c1ccc(N2CCCN(C(C)C(=O)Nc3ccc(Cl)cn3)CC2)nc1. The molecule has 9 heteroatoms. The van der Waals surface area contributed by atoms with Crippen molar-refractivity contribution in [3.05, 3.63) is 47.2 Å². The van der Waals surface area contributed by atoms with Crippen LogP contribution in [0.3, 0.4) is 0 Å². The maximum atomic E-state index is 12.6. The molecule has 160 valence electrons. The zero-order valence-electron chi connectivity index (χ0n) is 17.2. The van der Waals surface area contributed by atoms with Crippen LogP contribution in [0.1, 0.15) is 30.6 Å². The van der Waals surface area contributed by atoms with Gasteiger partial charge in [0, 0.05) is 38.6 Å². The predicted molar refractivity (Wildman–Crippen MR) is 116 cm³/mol. The highest BCUT2D eigenvalue weighted by Crippen LogP contribution is 2.17. The van der Waals surface area contributed by atoms with Crippen LogP contribution in [0, 0.1) is 0 Å². The molecule has 1 fully saturated rings. The molecule has 1 unspecified atom stereocenters. The van der Waals surface area contributed by atoms with Crippen molar-refractivity contribution in [2.75, 3.05) is 43.0 Å². The van der Waals surface area contributed by atoms with Gasteiger partial charge in [-0.25, -0.2) is 14.8 Å². The van der Waals surface area contributed by atoms with Crippen molar-refractivity contribution in [1.29, 1.82) is 0 Å². The molecule has 30 heavy (non-hydrogen) atoms. The topological polar surface area (TPSA) is 87.7 Å². The summed E-state index contributed by atoms with van der Waals surface area (Å²) >= 11 is 5.84. The number of nitrogens with zero attached hydrogens (tertiary/aromatic N) is 4. The van der Waals surface area contributed by atoms with E-state index in [4.69, 9.17) is 16.3 Å². The molecule has 0 bridgehead atoms. The van der Waals surface area contributed by atoms with Crippen molar-refractivity contribution < 1.29 is 14.3 Å². The van der Waals surface area contributed by atoms with Crippen LogP contribution in [-0.4, -0.2) is 65.6 Å². The lowest BCUT2D eigenvalue weighted by Crippen LogP contribution is -2.44. The number of carbonyl (C=O) groups excluding carboxylic acids is 2. The van der Waals surface area contributed by atoms with Gasteiger partial charge in [-0.05, 0) is 44.5 Å². The molecule has 2 aromatic rings. The number of hydrogen-bond donors (Lipinski definition) is 1. The molecule has 0 spiro atoms. The first-order chi connectivity index (χ1) is 14.5. The van der Waals surface area contributed by atoms with Gasteiger partial charge in [0.1, 0.15) is 11.6 Å². The molecule has 0 radical (unpaired) electrons. The van der Waals surface area contributed by atoms with E-state index in [-0.39, 0.29) is 17.9 Å². The van der Waals surface area contributed by atoms with E-state index in [0.717, 1.165) is 38.4 Å². The second kappa shape index (κ2) is 10.4. The number of nitrogens with one attached hydrogen (secondary N) is 1. The Balaban J connectivity index is 1.56. The highest BCUT2D eigenvalue weighted by atomic mass is 35.5. The lowest BCUT2D eigenvalue weighted by molar-refractivity contribution is -0.120. The monoisotopic (exact) mass is 431 g/mol. The van der Waals surface area contributed by atoms with Crippen LogP contribution in [0.4, 0.5) is 11.6 Å². The Morgan fingerprint density at radius 3 is 2.63 bits per heavy atom. The normalized spacial score (nSPS) is 15.9. The summed E-state index contributed by atoms with van der Waals surface area (Å²) in [6.07, 6.45) is 3.95. The fraction of sp³-hybridized carbons (Fsp3) is 0.429. The standard InChI is InChI=1S/C21H26ClN5O3/c1-3-30-21(29)16-5-8-19(24-13-16)27-10-4-9-26(11-12-27)15(2)20(28)25-18-7-6-17(22)14-23-18/h5-8,13-15H,3-4,9-12H2,1-2H3,(H,23,25,28). The Morgan fingerprint density at radius 1 is 1.13 bits per heavy atom. The number of pyridine rings is 2. The van der Waals surface area contributed by atoms with Crippen molar-refractivity contribution in [1.82, 2.24) is 14.9 Å². The molecule has 0 aromatic carbocycles. The van der Waals surface area contributed by atoms with Crippen LogP contribution < -0.4 is 10.2 Å². The average Bonchev–Trinajstić information content (AvgIpc) is 3.01. The number of halogens is 1. The summed E-state index contributed by atoms with van der Waals surface area (Å²) < 4.78 is 5.00. The number of hydrogen-bond acceptors (Lipinski definition) is 7. The van der Waals surface area contributed by atoms with Crippen molar-refractivity contribution >= 4 is 35.1 Å². The molecule has 1 aliphatic heterocycles. The number of carbonyl (C=O) groups is 2. The fourth-order valence-corrected chi connectivity index (χ4v) is 3.42. The summed E-state index contributed by atoms with van der Waals surface area (Å²) in [5.74, 6) is 0.828. The first kappa shape index (κ1) is 22.0. The van der Waals surface area contributed by atoms with Gasteiger partial charge < -0.3 is 15.0 Å². The highest BCUT2D eigenvalue weighted by molar-refractivity contribution is 6.30. The second-order valence-corrected chi connectivity index (χ2v) is 7.47. The minimum absolute atomic E-state index is 0.102. The number of esters is 1. The van der Waals surface area contributed by atoms with E-state index in [0.29, 0.717) is 23.0 Å². The lowest BCUT2D eigenvalue weighted by Gasteiger charge is -2.27. The first-order valence-electron chi connectivity index (χ1n) is 10.0. The largest absolute Gasteiger partial charge is 0.462 e. The molecule has 1 saturated heterocycles. The highest BCUT2D eigenvalue weighted by Gasteiger charge is 2.25. The number of ether oxygens (including phenoxy) is 1. The number of aromatic nitrogens is 2. The third-order valence-corrected chi connectivity index (χ3v) is 5.24. The average molecular weight is 432 g/mol. The van der Waals surface area contributed by atoms with Crippen molar-refractivity contribution in [3.8, 4) is 0 Å². The van der Waals surface area contributed by atoms with Crippen LogP contribution in [0.2, 0.25) is 5.02 Å². The minimum atomic E-state index is -0.367. The van der Waals surface area contributed by atoms with Crippen LogP contribution in [0.15, 0.2) is 36.7 Å². The van der Waals surface area contributed by atoms with Gasteiger partial charge in [-0.1, -0.05) is 11.6 Å². The van der Waals surface area contributed by atoms with E-state index in [1.807, 2.05) is 13.0 Å². The molecule has 1 amide bonds. The van der Waals surface area contributed by atoms with Gasteiger partial charge >= 0.3 is 5.97 Å². The zero-order chi connectivity index (χ0) is 21.5. The molecule has 1 atom stereocenters. The molecule has 2 aromatic heterocycles. The Hall–Kier alpha value is -2.71. The third-order valence-electron chi connectivity index (χ3n) is 5.02. The van der Waals surface area contributed by atoms with Gasteiger partial charge in [0.15, 0.2) is 0 Å². The van der Waals surface area contributed by atoms with Gasteiger partial charge in [0.25, 0.3) is 0 Å². The summed E-state index contributed by atoms with van der Waals surface area (Å²) in [5.41, 5.74) is 0.443. The lowest BCUT2D eigenvalue weighted by atomic mass is 10.2. The summed E-state index contributed by atoms with van der Waals surface area (Å²) in [7, 11) is 0. The molecule has 8 nitrogen and oxygen atoms in total. The van der Waals surface area contributed by atoms with Gasteiger partial charge in [-0.2, -0.15) is 0 Å². The second-order valence-electron chi connectivity index (χ2n) is 7.03. The number of rotatable bonds is 6. The van der Waals surface area contributed by atoms with Crippen molar-refractivity contribution in [2.45, 2.75) is 26.3 Å². The van der Waals surface area contributed by atoms with Gasteiger partial charge in [0.2, 0.25) is 5.91 Å². The van der Waals surface area contributed by atoms with Crippen LogP contribution in [0.25, 0.3) is 0 Å². The van der Waals surface area contributed by atoms with Crippen LogP contribution >= 0.6 is 11.6 Å².